The highest BCUT2D eigenvalue weighted by atomic mass is 32.2. The minimum atomic E-state index is -4.27. The molecule has 37 heavy (non-hydrogen) atoms. The smallest absolute Gasteiger partial charge is 0.262 e. The lowest BCUT2D eigenvalue weighted by Gasteiger charge is -2.17. The van der Waals surface area contributed by atoms with E-state index in [0.29, 0.717) is 0 Å². The van der Waals surface area contributed by atoms with Gasteiger partial charge in [0.05, 0.1) is 15.6 Å². The van der Waals surface area contributed by atoms with Gasteiger partial charge in [-0.2, -0.15) is 4.57 Å². The molecule has 0 amide bonds. The Morgan fingerprint density at radius 1 is 1.00 bits per heavy atom. The van der Waals surface area contributed by atoms with E-state index in [1.807, 2.05) is 30.0 Å². The summed E-state index contributed by atoms with van der Waals surface area (Å²) in [5.74, 6) is 0. The Morgan fingerprint density at radius 3 is 2.35 bits per heavy atom. The average molecular weight is 551 g/mol. The quantitative estimate of drug-likeness (QED) is 0.198. The van der Waals surface area contributed by atoms with E-state index in [1.54, 1.807) is 12.1 Å². The van der Waals surface area contributed by atoms with E-state index in [0.717, 1.165) is 18.7 Å². The molecule has 8 heteroatoms. The number of aryl methyl sites for hydroxylation is 2. The van der Waals surface area contributed by atoms with Crippen LogP contribution in [-0.4, -0.2) is 19.5 Å². The van der Waals surface area contributed by atoms with Gasteiger partial charge in [0.25, 0.3) is 5.01 Å². The summed E-state index contributed by atoms with van der Waals surface area (Å²) in [4.78, 5) is 3.57. The van der Waals surface area contributed by atoms with Crippen molar-refractivity contribution in [2.45, 2.75) is 44.0 Å². The van der Waals surface area contributed by atoms with Gasteiger partial charge in [-0.3, -0.25) is 0 Å². The predicted octanol–water partition coefficient (Wildman–Crippen LogP) is 6.98. The number of thiazole rings is 1. The molecule has 0 atom stereocenters. The Hall–Kier alpha value is -2.91. The highest BCUT2D eigenvalue weighted by molar-refractivity contribution is 8.03. The normalized spacial score (nSPS) is 14.6. The highest BCUT2D eigenvalue weighted by Crippen LogP contribution is 2.45. The average Bonchev–Trinajstić information content (AvgIpc) is 3.40. The summed E-state index contributed by atoms with van der Waals surface area (Å²) in [7, 11) is -4.27. The summed E-state index contributed by atoms with van der Waals surface area (Å²) in [5.41, 5.74) is 4.86. The lowest BCUT2D eigenvalue weighted by atomic mass is 10.2. The standard InChI is InChI=1S/C22H23N2S2.C7H8O3S/c1-4-23-17-10-6-8-12-19(17)25-21(23)14-16(3)15-22-24(5-2)18-11-7-9-13-20(18)26-22;1-6-2-4-7(5-3-6)11(8,9)10/h6-15H,4-5H2,1-3H3;2-5H,1H3,(H,8,9,10)/q+1;/p-1. The molecule has 0 saturated heterocycles. The number of nitrogens with zero attached hydrogens (tertiary/aromatic N) is 2. The van der Waals surface area contributed by atoms with E-state index in [-0.39, 0.29) is 4.90 Å². The lowest BCUT2D eigenvalue weighted by molar-refractivity contribution is -0.665. The van der Waals surface area contributed by atoms with Crippen LogP contribution in [0.5, 0.6) is 0 Å². The van der Waals surface area contributed by atoms with Crippen molar-refractivity contribution in [1.29, 1.82) is 0 Å². The van der Waals surface area contributed by atoms with Gasteiger partial charge >= 0.3 is 0 Å². The molecule has 0 bridgehead atoms. The third-order valence-corrected chi connectivity index (χ3v) is 8.99. The fraction of sp³-hybridized carbons (Fsp3) is 0.207. The van der Waals surface area contributed by atoms with Crippen molar-refractivity contribution in [2.75, 3.05) is 11.4 Å². The number of anilines is 1. The monoisotopic (exact) mass is 550 g/mol. The SMILES string of the molecule is CCN1C(=CC(C)=Cc2sc3ccccc3[n+]2CC)Sc2ccccc21.Cc1ccc(S(=O)(=O)[O-])cc1. The first kappa shape index (κ1) is 27.1. The maximum Gasteiger partial charge on any atom is 0.262 e. The maximum atomic E-state index is 10.4. The van der Waals surface area contributed by atoms with Crippen LogP contribution in [0, 0.1) is 6.92 Å². The zero-order valence-electron chi connectivity index (χ0n) is 21.3. The summed E-state index contributed by atoms with van der Waals surface area (Å²) in [6.45, 7) is 10.4. The summed E-state index contributed by atoms with van der Waals surface area (Å²) in [6.07, 6.45) is 4.64. The number of hydrogen-bond acceptors (Lipinski definition) is 6. The van der Waals surface area contributed by atoms with Crippen LogP contribution in [0.2, 0.25) is 0 Å². The Labute approximate surface area is 227 Å². The van der Waals surface area contributed by atoms with Crippen molar-refractivity contribution in [1.82, 2.24) is 0 Å². The van der Waals surface area contributed by atoms with Crippen molar-refractivity contribution in [3.8, 4) is 0 Å². The summed E-state index contributed by atoms with van der Waals surface area (Å²) >= 11 is 3.73. The molecule has 2 heterocycles. The number of fused-ring (bicyclic) bond motifs is 2. The number of allylic oxidation sites excluding steroid dienone is 2. The van der Waals surface area contributed by atoms with Gasteiger partial charge in [0.2, 0.25) is 5.52 Å². The molecular formula is C29H30N2O3S3. The topological polar surface area (TPSA) is 64.3 Å². The van der Waals surface area contributed by atoms with Gasteiger partial charge in [-0.15, -0.1) is 0 Å². The van der Waals surface area contributed by atoms with Gasteiger partial charge in [0.15, 0.2) is 0 Å². The third-order valence-electron chi connectivity index (χ3n) is 5.92. The minimum Gasteiger partial charge on any atom is -0.744 e. The summed E-state index contributed by atoms with van der Waals surface area (Å²) in [5, 5.41) is 2.62. The molecule has 4 aromatic rings. The second kappa shape index (κ2) is 11.6. The highest BCUT2D eigenvalue weighted by Gasteiger charge is 2.23. The van der Waals surface area contributed by atoms with E-state index in [1.165, 1.54) is 48.5 Å². The van der Waals surface area contributed by atoms with E-state index in [2.05, 4.69) is 90.9 Å². The van der Waals surface area contributed by atoms with Crippen LogP contribution in [0.1, 0.15) is 31.3 Å². The molecule has 5 nitrogen and oxygen atoms in total. The van der Waals surface area contributed by atoms with Crippen LogP contribution >= 0.6 is 23.1 Å². The molecule has 0 saturated carbocycles. The van der Waals surface area contributed by atoms with Gasteiger partial charge in [0, 0.05) is 23.6 Å². The molecule has 0 radical (unpaired) electrons. The first-order chi connectivity index (χ1) is 17.7. The van der Waals surface area contributed by atoms with Gasteiger partial charge < -0.3 is 9.45 Å². The number of thioether (sulfide) groups is 1. The van der Waals surface area contributed by atoms with E-state index >= 15 is 0 Å². The molecule has 0 fully saturated rings. The zero-order valence-corrected chi connectivity index (χ0v) is 23.8. The molecule has 0 N–H and O–H groups in total. The molecule has 1 aromatic heterocycles. The van der Waals surface area contributed by atoms with Crippen LogP contribution in [0.25, 0.3) is 16.3 Å². The van der Waals surface area contributed by atoms with Crippen molar-refractivity contribution < 1.29 is 17.5 Å². The van der Waals surface area contributed by atoms with Gasteiger partial charge in [-0.1, -0.05) is 65.1 Å². The van der Waals surface area contributed by atoms with Crippen LogP contribution in [0.3, 0.4) is 0 Å². The molecule has 0 aliphatic carbocycles. The van der Waals surface area contributed by atoms with E-state index in [9.17, 15) is 13.0 Å². The van der Waals surface area contributed by atoms with Crippen molar-refractivity contribution in [2.24, 2.45) is 0 Å². The molecular weight excluding hydrogens is 521 g/mol. The van der Waals surface area contributed by atoms with Crippen LogP contribution in [0.4, 0.5) is 5.69 Å². The van der Waals surface area contributed by atoms with Crippen LogP contribution < -0.4 is 9.47 Å². The fourth-order valence-electron chi connectivity index (χ4n) is 4.11. The Balaban J connectivity index is 0.000000245. The Bertz CT molecular complexity index is 1570. The van der Waals surface area contributed by atoms with Crippen LogP contribution in [-0.2, 0) is 16.7 Å². The number of benzene rings is 3. The largest absolute Gasteiger partial charge is 0.744 e. The van der Waals surface area contributed by atoms with Crippen molar-refractivity contribution in [3.63, 3.8) is 0 Å². The molecule has 1 aliphatic rings. The summed E-state index contributed by atoms with van der Waals surface area (Å²) in [6, 6.07) is 23.1. The molecule has 0 spiro atoms. The maximum absolute atomic E-state index is 10.4. The number of hydrogen-bond donors (Lipinski definition) is 0. The summed E-state index contributed by atoms with van der Waals surface area (Å²) < 4.78 is 34.9. The van der Waals surface area contributed by atoms with E-state index < -0.39 is 10.1 Å². The second-order valence-corrected chi connectivity index (χ2v) is 12.1. The van der Waals surface area contributed by atoms with E-state index in [4.69, 9.17) is 0 Å². The van der Waals surface area contributed by atoms with Crippen molar-refractivity contribution in [3.05, 3.63) is 100 Å². The first-order valence-electron chi connectivity index (χ1n) is 12.1. The van der Waals surface area contributed by atoms with Gasteiger partial charge in [-0.25, -0.2) is 8.42 Å². The molecule has 3 aromatic carbocycles. The Kier molecular flexibility index (Phi) is 8.54. The molecule has 0 unspecified atom stereocenters. The van der Waals surface area contributed by atoms with Gasteiger partial charge in [-0.05, 0) is 69.7 Å². The molecule has 5 rings (SSSR count). The van der Waals surface area contributed by atoms with Gasteiger partial charge in [0.1, 0.15) is 21.4 Å². The third kappa shape index (κ3) is 6.33. The molecule has 1 aliphatic heterocycles. The second-order valence-electron chi connectivity index (χ2n) is 8.60. The van der Waals surface area contributed by atoms with Crippen LogP contribution in [0.15, 0.2) is 99.3 Å². The number of rotatable bonds is 5. The molecule has 192 valence electrons. The minimum absolute atomic E-state index is 0.178. The lowest BCUT2D eigenvalue weighted by Crippen LogP contribution is -2.33. The number of para-hydroxylation sites is 2. The number of aromatic nitrogens is 1. The predicted molar refractivity (Wildman–Crippen MR) is 154 cm³/mol. The Morgan fingerprint density at radius 2 is 1.68 bits per heavy atom. The first-order valence-corrected chi connectivity index (χ1v) is 15.1. The fourth-order valence-corrected chi connectivity index (χ4v) is 7.05. The zero-order chi connectivity index (χ0) is 26.6. The van der Waals surface area contributed by atoms with Crippen molar-refractivity contribution >= 4 is 55.2 Å².